The number of aliphatic hydroxyl groups is 2. The van der Waals surface area contributed by atoms with E-state index < -0.39 is 6.04 Å². The Kier molecular flexibility index (Phi) is 5.38. The summed E-state index contributed by atoms with van der Waals surface area (Å²) in [5.74, 6) is -0.311. The zero-order valence-electron chi connectivity index (χ0n) is 9.37. The Morgan fingerprint density at radius 1 is 1.35 bits per heavy atom. The molecule has 0 spiro atoms. The van der Waals surface area contributed by atoms with E-state index in [4.69, 9.17) is 10.2 Å². The maximum Gasteiger partial charge on any atom is 0.250 e. The Bertz CT molecular complexity index is 412. The van der Waals surface area contributed by atoms with Gasteiger partial charge in [0.15, 0.2) is 0 Å². The highest BCUT2D eigenvalue weighted by atomic mass is 16.3. The van der Waals surface area contributed by atoms with Crippen LogP contribution in [0.5, 0.6) is 0 Å². The molecule has 17 heavy (non-hydrogen) atoms. The molecule has 1 amide bonds. The van der Waals surface area contributed by atoms with E-state index in [1.807, 2.05) is 0 Å². The number of carbonyl (C=O) groups is 1. The van der Waals surface area contributed by atoms with E-state index in [1.165, 1.54) is 10.6 Å². The zero-order valence-corrected chi connectivity index (χ0v) is 9.37. The van der Waals surface area contributed by atoms with Gasteiger partial charge in [-0.15, -0.1) is 0 Å². The van der Waals surface area contributed by atoms with Gasteiger partial charge in [-0.25, -0.2) is 0 Å². The molecule has 0 atom stereocenters. The van der Waals surface area contributed by atoms with E-state index in [-0.39, 0.29) is 37.6 Å². The molecule has 0 aliphatic carbocycles. The molecular weight excluding hydrogens is 224 g/mol. The predicted molar refractivity (Wildman–Crippen MR) is 61.4 cm³/mol. The van der Waals surface area contributed by atoms with Gasteiger partial charge in [-0.05, 0) is 6.07 Å². The highest BCUT2D eigenvalue weighted by molar-refractivity contribution is 5.76. The molecule has 0 saturated carbocycles. The molecule has 0 fully saturated rings. The Morgan fingerprint density at radius 2 is 2.06 bits per heavy atom. The zero-order chi connectivity index (χ0) is 12.7. The van der Waals surface area contributed by atoms with Crippen molar-refractivity contribution in [1.29, 1.82) is 0 Å². The summed E-state index contributed by atoms with van der Waals surface area (Å²) in [7, 11) is 0. The van der Waals surface area contributed by atoms with Crippen molar-refractivity contribution in [3.63, 3.8) is 0 Å². The van der Waals surface area contributed by atoms with Gasteiger partial charge < -0.3 is 20.1 Å². The summed E-state index contributed by atoms with van der Waals surface area (Å²) in [5, 5.41) is 20.0. The maximum atomic E-state index is 11.4. The molecule has 0 aliphatic heterocycles. The van der Waals surface area contributed by atoms with E-state index in [1.54, 1.807) is 18.3 Å². The van der Waals surface area contributed by atoms with Crippen LogP contribution in [0.25, 0.3) is 0 Å². The van der Waals surface area contributed by atoms with Crippen LogP contribution in [0.4, 0.5) is 0 Å². The van der Waals surface area contributed by atoms with Crippen LogP contribution in [0.15, 0.2) is 29.2 Å². The van der Waals surface area contributed by atoms with Crippen LogP contribution in [-0.4, -0.2) is 39.9 Å². The molecule has 0 saturated heterocycles. The third-order valence-electron chi connectivity index (χ3n) is 2.28. The van der Waals surface area contributed by atoms with Crippen LogP contribution in [0.2, 0.25) is 0 Å². The summed E-state index contributed by atoms with van der Waals surface area (Å²) in [4.78, 5) is 22.7. The van der Waals surface area contributed by atoms with Gasteiger partial charge in [0.1, 0.15) is 0 Å². The first-order chi connectivity index (χ1) is 8.17. The Morgan fingerprint density at radius 3 is 2.65 bits per heavy atom. The van der Waals surface area contributed by atoms with Crippen LogP contribution in [0.3, 0.4) is 0 Å². The Balaban J connectivity index is 2.43. The van der Waals surface area contributed by atoms with Crippen molar-refractivity contribution in [3.8, 4) is 0 Å². The van der Waals surface area contributed by atoms with Gasteiger partial charge in [0.2, 0.25) is 5.91 Å². The number of aliphatic hydroxyl groups excluding tert-OH is 2. The lowest BCUT2D eigenvalue weighted by molar-refractivity contribution is -0.122. The second kappa shape index (κ2) is 6.82. The molecule has 3 N–H and O–H groups in total. The molecule has 1 aromatic rings. The number of aryl methyl sites for hydroxylation is 1. The van der Waals surface area contributed by atoms with Crippen molar-refractivity contribution < 1.29 is 15.0 Å². The monoisotopic (exact) mass is 240 g/mol. The lowest BCUT2D eigenvalue weighted by atomic mass is 10.3. The van der Waals surface area contributed by atoms with Gasteiger partial charge in [-0.3, -0.25) is 9.59 Å². The number of nitrogens with one attached hydrogen (secondary N) is 1. The third-order valence-corrected chi connectivity index (χ3v) is 2.28. The molecule has 1 rings (SSSR count). The van der Waals surface area contributed by atoms with Gasteiger partial charge in [0.05, 0.1) is 19.3 Å². The number of hydrogen-bond acceptors (Lipinski definition) is 4. The lowest BCUT2D eigenvalue weighted by Crippen LogP contribution is -2.40. The summed E-state index contributed by atoms with van der Waals surface area (Å²) >= 11 is 0. The molecule has 0 aliphatic rings. The van der Waals surface area contributed by atoms with E-state index in [0.29, 0.717) is 0 Å². The van der Waals surface area contributed by atoms with Crippen molar-refractivity contribution in [3.05, 3.63) is 34.7 Å². The minimum Gasteiger partial charge on any atom is -0.394 e. The van der Waals surface area contributed by atoms with Crippen molar-refractivity contribution in [2.75, 3.05) is 13.2 Å². The Hall–Kier alpha value is -1.66. The number of rotatable bonds is 6. The molecule has 6 nitrogen and oxygen atoms in total. The van der Waals surface area contributed by atoms with Crippen LogP contribution in [0, 0.1) is 0 Å². The smallest absolute Gasteiger partial charge is 0.250 e. The molecule has 1 heterocycles. The van der Waals surface area contributed by atoms with Gasteiger partial charge in [0.25, 0.3) is 5.56 Å². The van der Waals surface area contributed by atoms with E-state index >= 15 is 0 Å². The average molecular weight is 240 g/mol. The number of pyridine rings is 1. The Labute approximate surface area is 98.5 Å². The largest absolute Gasteiger partial charge is 0.394 e. The summed E-state index contributed by atoms with van der Waals surface area (Å²) in [6, 6.07) is 4.12. The van der Waals surface area contributed by atoms with Crippen molar-refractivity contribution in [2.24, 2.45) is 0 Å². The third kappa shape index (κ3) is 4.38. The van der Waals surface area contributed by atoms with Gasteiger partial charge in [0, 0.05) is 25.2 Å². The molecule has 0 bridgehead atoms. The standard InChI is InChI=1S/C11H16N2O4/c14-7-9(8-15)12-10(16)4-6-13-5-2-1-3-11(13)17/h1-3,5,9,14-15H,4,6-8H2,(H,12,16). The molecule has 0 aromatic carbocycles. The molecule has 0 unspecified atom stereocenters. The van der Waals surface area contributed by atoms with Gasteiger partial charge >= 0.3 is 0 Å². The summed E-state index contributed by atoms with van der Waals surface area (Å²) in [6.07, 6.45) is 1.73. The molecular formula is C11H16N2O4. The second-order valence-corrected chi connectivity index (χ2v) is 3.61. The van der Waals surface area contributed by atoms with Crippen molar-refractivity contribution in [2.45, 2.75) is 19.0 Å². The number of aromatic nitrogens is 1. The van der Waals surface area contributed by atoms with E-state index in [9.17, 15) is 9.59 Å². The van der Waals surface area contributed by atoms with E-state index in [0.717, 1.165) is 0 Å². The normalized spacial score (nSPS) is 10.5. The van der Waals surface area contributed by atoms with Gasteiger partial charge in [-0.1, -0.05) is 6.07 Å². The highest BCUT2D eigenvalue weighted by Gasteiger charge is 2.09. The second-order valence-electron chi connectivity index (χ2n) is 3.61. The summed E-state index contributed by atoms with van der Waals surface area (Å²) < 4.78 is 1.42. The SMILES string of the molecule is O=C(CCn1ccccc1=O)NC(CO)CO. The topological polar surface area (TPSA) is 91.6 Å². The lowest BCUT2D eigenvalue weighted by Gasteiger charge is -2.13. The molecule has 6 heteroatoms. The minimum atomic E-state index is -0.644. The number of carbonyl (C=O) groups excluding carboxylic acids is 1. The van der Waals surface area contributed by atoms with Crippen LogP contribution >= 0.6 is 0 Å². The number of amides is 1. The van der Waals surface area contributed by atoms with Gasteiger partial charge in [-0.2, -0.15) is 0 Å². The first-order valence-electron chi connectivity index (χ1n) is 5.34. The van der Waals surface area contributed by atoms with E-state index in [2.05, 4.69) is 5.32 Å². The summed E-state index contributed by atoms with van der Waals surface area (Å²) in [5.41, 5.74) is -0.166. The molecule has 0 radical (unpaired) electrons. The maximum absolute atomic E-state index is 11.4. The van der Waals surface area contributed by atoms with Crippen molar-refractivity contribution >= 4 is 5.91 Å². The minimum absolute atomic E-state index is 0.125. The quantitative estimate of drug-likeness (QED) is 0.577. The fourth-order valence-corrected chi connectivity index (χ4v) is 1.32. The highest BCUT2D eigenvalue weighted by Crippen LogP contribution is 1.89. The first-order valence-corrected chi connectivity index (χ1v) is 5.34. The van der Waals surface area contributed by atoms with Crippen LogP contribution in [-0.2, 0) is 11.3 Å². The summed E-state index contributed by atoms with van der Waals surface area (Å²) in [6.45, 7) is -0.351. The van der Waals surface area contributed by atoms with Crippen molar-refractivity contribution in [1.82, 2.24) is 9.88 Å². The number of hydrogen-bond donors (Lipinski definition) is 3. The fourth-order valence-electron chi connectivity index (χ4n) is 1.32. The predicted octanol–water partition coefficient (Wildman–Crippen LogP) is -1.29. The van der Waals surface area contributed by atoms with Crippen LogP contribution in [0.1, 0.15) is 6.42 Å². The molecule has 94 valence electrons. The first kappa shape index (κ1) is 13.4. The fraction of sp³-hybridized carbons (Fsp3) is 0.455. The molecule has 1 aromatic heterocycles. The number of nitrogens with zero attached hydrogens (tertiary/aromatic N) is 1. The average Bonchev–Trinajstić information content (AvgIpc) is 2.35. The van der Waals surface area contributed by atoms with Crippen LogP contribution < -0.4 is 10.9 Å².